The molecule has 4 heteroatoms. The molecule has 0 aromatic heterocycles. The third kappa shape index (κ3) is 3.51. The Hall–Kier alpha value is -1.55. The van der Waals surface area contributed by atoms with Gasteiger partial charge in [-0.3, -0.25) is 0 Å². The van der Waals surface area contributed by atoms with E-state index in [1.165, 1.54) is 6.42 Å². The maximum atomic E-state index is 12.0. The molecule has 1 aliphatic rings. The van der Waals surface area contributed by atoms with Gasteiger partial charge in [0.05, 0.1) is 0 Å². The van der Waals surface area contributed by atoms with Gasteiger partial charge in [-0.05, 0) is 49.3 Å². The van der Waals surface area contributed by atoms with E-state index in [0.717, 1.165) is 17.7 Å². The highest BCUT2D eigenvalue weighted by atomic mass is 16.2. The number of nitrogens with one attached hydrogen (secondary N) is 2. The van der Waals surface area contributed by atoms with Gasteiger partial charge >= 0.3 is 6.03 Å². The lowest BCUT2D eigenvalue weighted by Crippen LogP contribution is -2.40. The summed E-state index contributed by atoms with van der Waals surface area (Å²) in [7, 11) is 0. The first kappa shape index (κ1) is 14.9. The fourth-order valence-corrected chi connectivity index (χ4v) is 2.77. The number of benzene rings is 1. The quantitative estimate of drug-likeness (QED) is 0.792. The number of hydrogen-bond donors (Lipinski definition) is 3. The SMILES string of the molecule is CC(N)c1ccc(NC(=O)NC2CCC(C)C2C)cc1. The normalized spacial score (nSPS) is 27.1. The van der Waals surface area contributed by atoms with Crippen molar-refractivity contribution in [1.82, 2.24) is 5.32 Å². The van der Waals surface area contributed by atoms with Gasteiger partial charge in [0.2, 0.25) is 0 Å². The molecule has 0 heterocycles. The molecule has 4 nitrogen and oxygen atoms in total. The van der Waals surface area contributed by atoms with Crippen LogP contribution >= 0.6 is 0 Å². The van der Waals surface area contributed by atoms with Crippen LogP contribution in [0.25, 0.3) is 0 Å². The molecule has 4 atom stereocenters. The summed E-state index contributed by atoms with van der Waals surface area (Å²) in [4.78, 5) is 12.0. The summed E-state index contributed by atoms with van der Waals surface area (Å²) in [5.74, 6) is 1.23. The number of urea groups is 1. The van der Waals surface area contributed by atoms with Gasteiger partial charge in [0.15, 0.2) is 0 Å². The van der Waals surface area contributed by atoms with Gasteiger partial charge < -0.3 is 16.4 Å². The van der Waals surface area contributed by atoms with E-state index < -0.39 is 0 Å². The minimum atomic E-state index is -0.121. The van der Waals surface area contributed by atoms with Crippen molar-refractivity contribution in [2.75, 3.05) is 5.32 Å². The van der Waals surface area contributed by atoms with E-state index in [1.807, 2.05) is 31.2 Å². The third-order valence-electron chi connectivity index (χ3n) is 4.48. The van der Waals surface area contributed by atoms with Crippen LogP contribution in [-0.2, 0) is 0 Å². The third-order valence-corrected chi connectivity index (χ3v) is 4.48. The summed E-state index contributed by atoms with van der Waals surface area (Å²) < 4.78 is 0. The van der Waals surface area contributed by atoms with E-state index in [9.17, 15) is 4.79 Å². The predicted octanol–water partition coefficient (Wildman–Crippen LogP) is 3.26. The van der Waals surface area contributed by atoms with Gasteiger partial charge in [0.25, 0.3) is 0 Å². The van der Waals surface area contributed by atoms with Gasteiger partial charge in [-0.25, -0.2) is 4.79 Å². The Bertz CT molecular complexity index is 455. The van der Waals surface area contributed by atoms with Crippen molar-refractivity contribution >= 4 is 11.7 Å². The van der Waals surface area contributed by atoms with Crippen LogP contribution in [0.2, 0.25) is 0 Å². The molecular weight excluding hydrogens is 250 g/mol. The van der Waals surface area contributed by atoms with Crippen LogP contribution in [0.15, 0.2) is 24.3 Å². The Morgan fingerprint density at radius 3 is 2.40 bits per heavy atom. The second kappa shape index (κ2) is 6.27. The second-order valence-electron chi connectivity index (χ2n) is 6.03. The molecule has 0 spiro atoms. The maximum Gasteiger partial charge on any atom is 0.319 e. The predicted molar refractivity (Wildman–Crippen MR) is 82.5 cm³/mol. The highest BCUT2D eigenvalue weighted by molar-refractivity contribution is 5.89. The molecule has 1 fully saturated rings. The minimum Gasteiger partial charge on any atom is -0.335 e. The zero-order valence-electron chi connectivity index (χ0n) is 12.5. The molecule has 20 heavy (non-hydrogen) atoms. The number of carbonyl (C=O) groups is 1. The Kier molecular flexibility index (Phi) is 4.65. The number of anilines is 1. The van der Waals surface area contributed by atoms with Crippen LogP contribution in [0.5, 0.6) is 0 Å². The van der Waals surface area contributed by atoms with Crippen LogP contribution < -0.4 is 16.4 Å². The Morgan fingerprint density at radius 1 is 1.25 bits per heavy atom. The number of amides is 2. The molecule has 0 aliphatic heterocycles. The van der Waals surface area contributed by atoms with E-state index in [0.29, 0.717) is 11.8 Å². The Labute approximate surface area is 121 Å². The van der Waals surface area contributed by atoms with Crippen molar-refractivity contribution in [3.63, 3.8) is 0 Å². The standard InChI is InChI=1S/C16H25N3O/c1-10-4-9-15(11(10)2)19-16(20)18-14-7-5-13(6-8-14)12(3)17/h5-8,10-12,15H,4,9,17H2,1-3H3,(H2,18,19,20). The number of nitrogens with two attached hydrogens (primary N) is 1. The molecule has 0 bridgehead atoms. The molecule has 1 saturated carbocycles. The Balaban J connectivity index is 1.88. The van der Waals surface area contributed by atoms with Crippen LogP contribution in [-0.4, -0.2) is 12.1 Å². The zero-order valence-corrected chi connectivity index (χ0v) is 12.5. The van der Waals surface area contributed by atoms with E-state index in [1.54, 1.807) is 0 Å². The van der Waals surface area contributed by atoms with Gasteiger partial charge in [-0.15, -0.1) is 0 Å². The monoisotopic (exact) mass is 275 g/mol. The molecule has 4 N–H and O–H groups in total. The molecule has 110 valence electrons. The number of hydrogen-bond acceptors (Lipinski definition) is 2. The summed E-state index contributed by atoms with van der Waals surface area (Å²) >= 11 is 0. The average Bonchev–Trinajstić information content (AvgIpc) is 2.71. The average molecular weight is 275 g/mol. The highest BCUT2D eigenvalue weighted by Gasteiger charge is 2.30. The summed E-state index contributed by atoms with van der Waals surface area (Å²) in [6.45, 7) is 6.40. The smallest absolute Gasteiger partial charge is 0.319 e. The van der Waals surface area contributed by atoms with E-state index >= 15 is 0 Å². The molecular formula is C16H25N3O. The number of rotatable bonds is 3. The maximum absolute atomic E-state index is 12.0. The first-order valence-electron chi connectivity index (χ1n) is 7.40. The van der Waals surface area contributed by atoms with Crippen molar-refractivity contribution in [3.8, 4) is 0 Å². The van der Waals surface area contributed by atoms with Crippen molar-refractivity contribution in [2.24, 2.45) is 17.6 Å². The van der Waals surface area contributed by atoms with Gasteiger partial charge in [0, 0.05) is 17.8 Å². The van der Waals surface area contributed by atoms with E-state index in [-0.39, 0.29) is 18.1 Å². The first-order valence-corrected chi connectivity index (χ1v) is 7.40. The summed E-state index contributed by atoms with van der Waals surface area (Å²) in [6, 6.07) is 7.84. The summed E-state index contributed by atoms with van der Waals surface area (Å²) in [6.07, 6.45) is 2.26. The van der Waals surface area contributed by atoms with Crippen molar-refractivity contribution in [1.29, 1.82) is 0 Å². The van der Waals surface area contributed by atoms with E-state index in [2.05, 4.69) is 24.5 Å². The van der Waals surface area contributed by atoms with Gasteiger partial charge in [-0.1, -0.05) is 26.0 Å². The summed E-state index contributed by atoms with van der Waals surface area (Å²) in [5.41, 5.74) is 7.66. The van der Waals surface area contributed by atoms with Crippen LogP contribution in [0.4, 0.5) is 10.5 Å². The lowest BCUT2D eigenvalue weighted by atomic mass is 9.98. The van der Waals surface area contributed by atoms with Gasteiger partial charge in [-0.2, -0.15) is 0 Å². The lowest BCUT2D eigenvalue weighted by molar-refractivity contribution is 0.244. The second-order valence-corrected chi connectivity index (χ2v) is 6.03. The largest absolute Gasteiger partial charge is 0.335 e. The lowest BCUT2D eigenvalue weighted by Gasteiger charge is -2.20. The fourth-order valence-electron chi connectivity index (χ4n) is 2.77. The molecule has 0 saturated heterocycles. The molecule has 0 radical (unpaired) electrons. The fraction of sp³-hybridized carbons (Fsp3) is 0.562. The van der Waals surface area contributed by atoms with Crippen molar-refractivity contribution in [3.05, 3.63) is 29.8 Å². The van der Waals surface area contributed by atoms with Crippen LogP contribution in [0.3, 0.4) is 0 Å². The van der Waals surface area contributed by atoms with E-state index in [4.69, 9.17) is 5.73 Å². The highest BCUT2D eigenvalue weighted by Crippen LogP contribution is 2.31. The van der Waals surface area contributed by atoms with Crippen LogP contribution in [0, 0.1) is 11.8 Å². The Morgan fingerprint density at radius 2 is 1.90 bits per heavy atom. The molecule has 2 rings (SSSR count). The molecule has 2 amide bonds. The van der Waals surface area contributed by atoms with Crippen LogP contribution in [0.1, 0.15) is 45.2 Å². The van der Waals surface area contributed by atoms with Gasteiger partial charge in [0.1, 0.15) is 0 Å². The molecule has 4 unspecified atom stereocenters. The summed E-state index contributed by atoms with van der Waals surface area (Å²) in [5, 5.41) is 5.95. The molecule has 1 aromatic rings. The molecule has 1 aromatic carbocycles. The molecule has 1 aliphatic carbocycles. The minimum absolute atomic E-state index is 0.0127. The van der Waals surface area contributed by atoms with Crippen molar-refractivity contribution in [2.45, 2.75) is 45.7 Å². The zero-order chi connectivity index (χ0) is 14.7. The number of carbonyl (C=O) groups excluding carboxylic acids is 1. The van der Waals surface area contributed by atoms with Crippen molar-refractivity contribution < 1.29 is 4.79 Å². The topological polar surface area (TPSA) is 67.1 Å². The first-order chi connectivity index (χ1) is 9.47.